The van der Waals surface area contributed by atoms with Crippen LogP contribution in [0.15, 0.2) is 29.4 Å². The van der Waals surface area contributed by atoms with Gasteiger partial charge in [-0.1, -0.05) is 12.1 Å². The van der Waals surface area contributed by atoms with Crippen LogP contribution in [0.25, 0.3) is 0 Å². The van der Waals surface area contributed by atoms with E-state index in [1.54, 1.807) is 27.7 Å². The van der Waals surface area contributed by atoms with Gasteiger partial charge in [0.05, 0.1) is 34.8 Å². The van der Waals surface area contributed by atoms with Crippen molar-refractivity contribution in [2.75, 3.05) is 12.0 Å². The topological polar surface area (TPSA) is 66.5 Å². The maximum Gasteiger partial charge on any atom is 0.418 e. The molecule has 0 spiro atoms. The quantitative estimate of drug-likeness (QED) is 0.459. The monoisotopic (exact) mass is 367 g/mol. The largest absolute Gasteiger partial charge is 0.462 e. The minimum absolute atomic E-state index is 0.147. The summed E-state index contributed by atoms with van der Waals surface area (Å²) in [5.41, 5.74) is 4.14. The highest BCUT2D eigenvalue weighted by Gasteiger charge is 2.33. The van der Waals surface area contributed by atoms with Gasteiger partial charge in [0.2, 0.25) is 0 Å². The van der Waals surface area contributed by atoms with E-state index in [4.69, 9.17) is 4.74 Å². The van der Waals surface area contributed by atoms with E-state index in [1.807, 2.05) is 0 Å². The fourth-order valence-corrected chi connectivity index (χ4v) is 2.65. The lowest BCUT2D eigenvalue weighted by atomic mass is 10.1. The number of esters is 1. The van der Waals surface area contributed by atoms with E-state index in [0.717, 1.165) is 6.07 Å². The van der Waals surface area contributed by atoms with E-state index >= 15 is 0 Å². The van der Waals surface area contributed by atoms with Crippen molar-refractivity contribution in [3.63, 3.8) is 0 Å². The molecule has 2 rings (SSSR count). The molecule has 0 atom stereocenters. The molecule has 0 aliphatic rings. The molecule has 0 bridgehead atoms. The predicted octanol–water partition coefficient (Wildman–Crippen LogP) is 4.66. The van der Waals surface area contributed by atoms with Gasteiger partial charge in [0.25, 0.3) is 0 Å². The standard InChI is InChI=1S/C18H20F3N3O2/c1-5-26-17(25)15-10(2)16(22-11(15)3)12(4)23-24-14-9-7-6-8-13(14)18(19,20)21/h6-9,22,24H,5H2,1-4H3/b23-12+. The Morgan fingerprint density at radius 2 is 1.92 bits per heavy atom. The van der Waals surface area contributed by atoms with Crippen molar-refractivity contribution in [3.05, 3.63) is 52.3 Å². The molecule has 0 amide bonds. The number of carbonyl (C=O) groups excluding carboxylic acids is 1. The molecule has 1 heterocycles. The van der Waals surface area contributed by atoms with Crippen LogP contribution < -0.4 is 5.43 Å². The van der Waals surface area contributed by atoms with E-state index in [0.29, 0.717) is 28.2 Å². The maximum atomic E-state index is 13.0. The molecule has 0 aliphatic heterocycles. The maximum absolute atomic E-state index is 13.0. The van der Waals surface area contributed by atoms with Gasteiger partial charge in [-0.05, 0) is 45.4 Å². The number of halogens is 3. The summed E-state index contributed by atoms with van der Waals surface area (Å²) in [6.45, 7) is 7.05. The molecule has 0 unspecified atom stereocenters. The number of aromatic amines is 1. The summed E-state index contributed by atoms with van der Waals surface area (Å²) in [5.74, 6) is -0.451. The van der Waals surface area contributed by atoms with Gasteiger partial charge in [0.1, 0.15) is 0 Å². The van der Waals surface area contributed by atoms with E-state index in [1.165, 1.54) is 18.2 Å². The second kappa shape index (κ2) is 7.63. The normalized spacial score (nSPS) is 12.2. The number of nitrogens with one attached hydrogen (secondary N) is 2. The number of alkyl halides is 3. The summed E-state index contributed by atoms with van der Waals surface area (Å²) in [5, 5.41) is 4.04. The molecule has 0 radical (unpaired) electrons. The second-order valence-corrected chi connectivity index (χ2v) is 5.70. The molecular formula is C18H20F3N3O2. The molecule has 0 saturated carbocycles. The number of hydrazone groups is 1. The van der Waals surface area contributed by atoms with Crippen molar-refractivity contribution in [2.45, 2.75) is 33.9 Å². The van der Waals surface area contributed by atoms with Crippen LogP contribution in [0.3, 0.4) is 0 Å². The Labute approximate surface area is 149 Å². The molecule has 1 aromatic heterocycles. The second-order valence-electron chi connectivity index (χ2n) is 5.70. The van der Waals surface area contributed by atoms with E-state index in [-0.39, 0.29) is 12.3 Å². The van der Waals surface area contributed by atoms with Gasteiger partial charge in [-0.3, -0.25) is 5.43 Å². The van der Waals surface area contributed by atoms with Gasteiger partial charge in [0, 0.05) is 5.69 Å². The lowest BCUT2D eigenvalue weighted by Crippen LogP contribution is -2.10. The first-order valence-corrected chi connectivity index (χ1v) is 8.00. The first-order chi connectivity index (χ1) is 12.2. The number of aryl methyl sites for hydroxylation is 1. The summed E-state index contributed by atoms with van der Waals surface area (Å²) < 4.78 is 44.1. The first kappa shape index (κ1) is 19.6. The van der Waals surface area contributed by atoms with E-state index in [2.05, 4.69) is 15.5 Å². The lowest BCUT2D eigenvalue weighted by Gasteiger charge is -2.12. The SMILES string of the molecule is CCOC(=O)c1c(C)[nH]c(/C(C)=N/Nc2ccccc2C(F)(F)F)c1C. The first-order valence-electron chi connectivity index (χ1n) is 8.00. The Morgan fingerprint density at radius 1 is 1.27 bits per heavy atom. The van der Waals surface area contributed by atoms with Gasteiger partial charge < -0.3 is 9.72 Å². The van der Waals surface area contributed by atoms with Crippen LogP contribution in [0.2, 0.25) is 0 Å². The number of hydrogen-bond donors (Lipinski definition) is 2. The third-order valence-corrected chi connectivity index (χ3v) is 3.86. The highest BCUT2D eigenvalue weighted by Crippen LogP contribution is 2.34. The van der Waals surface area contributed by atoms with Crippen molar-refractivity contribution < 1.29 is 22.7 Å². The molecule has 2 aromatic rings. The Morgan fingerprint density at radius 3 is 2.54 bits per heavy atom. The van der Waals surface area contributed by atoms with Gasteiger partial charge in [-0.15, -0.1) is 0 Å². The van der Waals surface area contributed by atoms with Crippen LogP contribution in [-0.4, -0.2) is 23.3 Å². The number of carbonyl (C=O) groups is 1. The zero-order chi connectivity index (χ0) is 19.5. The number of anilines is 1. The lowest BCUT2D eigenvalue weighted by molar-refractivity contribution is -0.137. The zero-order valence-corrected chi connectivity index (χ0v) is 14.9. The Kier molecular flexibility index (Phi) is 5.74. The zero-order valence-electron chi connectivity index (χ0n) is 14.9. The van der Waals surface area contributed by atoms with Crippen molar-refractivity contribution in [3.8, 4) is 0 Å². The smallest absolute Gasteiger partial charge is 0.418 e. The minimum Gasteiger partial charge on any atom is -0.462 e. The molecule has 2 N–H and O–H groups in total. The van der Waals surface area contributed by atoms with Gasteiger partial charge in [-0.2, -0.15) is 18.3 Å². The van der Waals surface area contributed by atoms with Crippen molar-refractivity contribution in [2.24, 2.45) is 5.10 Å². The van der Waals surface area contributed by atoms with Crippen molar-refractivity contribution >= 4 is 17.4 Å². The van der Waals surface area contributed by atoms with Crippen LogP contribution >= 0.6 is 0 Å². The number of rotatable bonds is 5. The number of H-pyrrole nitrogens is 1. The molecular weight excluding hydrogens is 347 g/mol. The summed E-state index contributed by atoms with van der Waals surface area (Å²) in [6, 6.07) is 5.09. The number of aromatic nitrogens is 1. The van der Waals surface area contributed by atoms with Crippen LogP contribution in [0.5, 0.6) is 0 Å². The Hall–Kier alpha value is -2.77. The molecule has 0 saturated heterocycles. The van der Waals surface area contributed by atoms with Gasteiger partial charge >= 0.3 is 12.1 Å². The third kappa shape index (κ3) is 4.07. The number of hydrogen-bond acceptors (Lipinski definition) is 4. The van der Waals surface area contributed by atoms with Crippen LogP contribution in [-0.2, 0) is 10.9 Å². The van der Waals surface area contributed by atoms with Crippen LogP contribution in [0, 0.1) is 13.8 Å². The average Bonchev–Trinajstić information content (AvgIpc) is 2.87. The van der Waals surface area contributed by atoms with E-state index in [9.17, 15) is 18.0 Å². The van der Waals surface area contributed by atoms with Crippen molar-refractivity contribution in [1.29, 1.82) is 0 Å². The third-order valence-electron chi connectivity index (χ3n) is 3.86. The summed E-state index contributed by atoms with van der Waals surface area (Å²) in [6.07, 6.45) is -4.48. The molecule has 0 fully saturated rings. The van der Waals surface area contributed by atoms with Gasteiger partial charge in [-0.25, -0.2) is 4.79 Å². The molecule has 1 aromatic carbocycles. The summed E-state index contributed by atoms with van der Waals surface area (Å²) in [7, 11) is 0. The summed E-state index contributed by atoms with van der Waals surface area (Å²) >= 11 is 0. The van der Waals surface area contributed by atoms with Gasteiger partial charge in [0.15, 0.2) is 0 Å². The number of nitrogens with zero attached hydrogens (tertiary/aromatic N) is 1. The molecule has 8 heteroatoms. The molecule has 0 aliphatic carbocycles. The molecule has 26 heavy (non-hydrogen) atoms. The number of ether oxygens (including phenoxy) is 1. The fourth-order valence-electron chi connectivity index (χ4n) is 2.65. The van der Waals surface area contributed by atoms with Crippen molar-refractivity contribution in [1.82, 2.24) is 4.98 Å². The van der Waals surface area contributed by atoms with Crippen LogP contribution in [0.4, 0.5) is 18.9 Å². The Bertz CT molecular complexity index is 839. The fraction of sp³-hybridized carbons (Fsp3) is 0.333. The highest BCUT2D eigenvalue weighted by atomic mass is 19.4. The number of benzene rings is 1. The molecule has 5 nitrogen and oxygen atoms in total. The predicted molar refractivity (Wildman–Crippen MR) is 93.5 cm³/mol. The van der Waals surface area contributed by atoms with E-state index < -0.39 is 17.7 Å². The van der Waals surface area contributed by atoms with Crippen LogP contribution in [0.1, 0.15) is 46.7 Å². The Balaban J connectivity index is 2.32. The minimum atomic E-state index is -4.48. The highest BCUT2D eigenvalue weighted by molar-refractivity contribution is 6.03. The summed E-state index contributed by atoms with van der Waals surface area (Å²) in [4.78, 5) is 15.1. The average molecular weight is 367 g/mol. The number of para-hydroxylation sites is 1. The molecule has 140 valence electrons.